The van der Waals surface area contributed by atoms with Gasteiger partial charge in [-0.1, -0.05) is 18.2 Å². The van der Waals surface area contributed by atoms with Gasteiger partial charge in [-0.15, -0.1) is 6.58 Å². The molecule has 0 fully saturated rings. The van der Waals surface area contributed by atoms with E-state index in [1.807, 2.05) is 0 Å². The summed E-state index contributed by atoms with van der Waals surface area (Å²) in [6.45, 7) is 3.46. The number of H-pyrrole nitrogens is 1. The second-order valence-electron chi connectivity index (χ2n) is 5.52. The van der Waals surface area contributed by atoms with Gasteiger partial charge in [-0.3, -0.25) is 19.5 Å². The minimum absolute atomic E-state index is 0.0570. The van der Waals surface area contributed by atoms with Crippen LogP contribution in [0.2, 0.25) is 0 Å². The average molecular weight is 345 g/mol. The predicted molar refractivity (Wildman–Crippen MR) is 92.4 cm³/mol. The van der Waals surface area contributed by atoms with Gasteiger partial charge < -0.3 is 10.4 Å². The number of aromatic nitrogens is 2. The zero-order valence-electron chi connectivity index (χ0n) is 13.5. The zero-order valence-corrected chi connectivity index (χ0v) is 13.5. The first-order chi connectivity index (χ1) is 11.9. The highest BCUT2D eigenvalue weighted by Gasteiger charge is 2.19. The van der Waals surface area contributed by atoms with E-state index >= 15 is 0 Å². The molecule has 1 unspecified atom stereocenters. The van der Waals surface area contributed by atoms with E-state index in [0.29, 0.717) is 6.42 Å². The van der Waals surface area contributed by atoms with Crippen LogP contribution >= 0.6 is 0 Å². The summed E-state index contributed by atoms with van der Waals surface area (Å²) in [5, 5.41) is 14.4. The lowest BCUT2D eigenvalue weighted by Gasteiger charge is -2.14. The van der Waals surface area contributed by atoms with Gasteiger partial charge in [0.2, 0.25) is 5.91 Å². The SMILES string of the molecule is C=CCCC(NC(=O)CCn1[nH]c(=O)c2ccccc2c1=O)C(=O)O. The van der Waals surface area contributed by atoms with Crippen LogP contribution in [0, 0.1) is 0 Å². The number of aromatic amines is 1. The van der Waals surface area contributed by atoms with Crippen molar-refractivity contribution in [2.75, 3.05) is 0 Å². The Labute approximate surface area is 142 Å². The van der Waals surface area contributed by atoms with Gasteiger partial charge in [0.15, 0.2) is 0 Å². The lowest BCUT2D eigenvalue weighted by Crippen LogP contribution is -2.41. The lowest BCUT2D eigenvalue weighted by atomic mass is 10.1. The number of rotatable bonds is 8. The van der Waals surface area contributed by atoms with E-state index < -0.39 is 29.0 Å². The van der Waals surface area contributed by atoms with Crippen LogP contribution in [0.15, 0.2) is 46.5 Å². The third-order valence-electron chi connectivity index (χ3n) is 3.74. The fourth-order valence-electron chi connectivity index (χ4n) is 2.43. The number of carboxylic acid groups (broad SMARTS) is 1. The number of fused-ring (bicyclic) bond motifs is 1. The molecule has 1 atom stereocenters. The molecular formula is C17H19N3O5. The number of benzene rings is 1. The number of aliphatic carboxylic acids is 1. The van der Waals surface area contributed by atoms with Gasteiger partial charge in [0.1, 0.15) is 6.04 Å². The Balaban J connectivity index is 2.09. The molecule has 1 aromatic carbocycles. The quantitative estimate of drug-likeness (QED) is 0.605. The average Bonchev–Trinajstić information content (AvgIpc) is 2.60. The second-order valence-corrected chi connectivity index (χ2v) is 5.52. The van der Waals surface area contributed by atoms with Crippen molar-refractivity contribution in [3.8, 4) is 0 Å². The van der Waals surface area contributed by atoms with Crippen LogP contribution in [-0.2, 0) is 16.1 Å². The second kappa shape index (κ2) is 8.09. The molecule has 25 heavy (non-hydrogen) atoms. The first-order valence-corrected chi connectivity index (χ1v) is 7.79. The van der Waals surface area contributed by atoms with E-state index in [1.54, 1.807) is 30.3 Å². The number of carbonyl (C=O) groups excluding carboxylic acids is 1. The maximum Gasteiger partial charge on any atom is 0.326 e. The minimum atomic E-state index is -1.13. The Bertz CT molecular complexity index is 912. The summed E-state index contributed by atoms with van der Waals surface area (Å²) >= 11 is 0. The Kier molecular flexibility index (Phi) is 5.89. The van der Waals surface area contributed by atoms with Crippen LogP contribution < -0.4 is 16.4 Å². The van der Waals surface area contributed by atoms with Crippen LogP contribution in [-0.4, -0.2) is 32.8 Å². The summed E-state index contributed by atoms with van der Waals surface area (Å²) in [7, 11) is 0. The molecule has 0 bridgehead atoms. The molecule has 8 heteroatoms. The molecule has 1 aromatic heterocycles. The van der Waals surface area contributed by atoms with Crippen molar-refractivity contribution < 1.29 is 14.7 Å². The Morgan fingerprint density at radius 2 is 1.96 bits per heavy atom. The fraction of sp³-hybridized carbons (Fsp3) is 0.294. The van der Waals surface area contributed by atoms with Crippen molar-refractivity contribution >= 4 is 22.6 Å². The molecule has 1 heterocycles. The third-order valence-corrected chi connectivity index (χ3v) is 3.74. The summed E-state index contributed by atoms with van der Waals surface area (Å²) in [6.07, 6.45) is 2.12. The maximum atomic E-state index is 12.3. The van der Waals surface area contributed by atoms with Crippen LogP contribution in [0.1, 0.15) is 19.3 Å². The minimum Gasteiger partial charge on any atom is -0.480 e. The van der Waals surface area contributed by atoms with Crippen molar-refractivity contribution in [1.29, 1.82) is 0 Å². The first kappa shape index (κ1) is 18.2. The van der Waals surface area contributed by atoms with E-state index in [1.165, 1.54) is 0 Å². The Hall–Kier alpha value is -3.16. The molecule has 2 aromatic rings. The number of hydrogen-bond acceptors (Lipinski definition) is 4. The van der Waals surface area contributed by atoms with Crippen molar-refractivity contribution in [2.45, 2.75) is 31.8 Å². The van der Waals surface area contributed by atoms with E-state index in [2.05, 4.69) is 17.0 Å². The predicted octanol–water partition coefficient (Wildman–Crippen LogP) is 0.615. The fourth-order valence-corrected chi connectivity index (χ4v) is 2.43. The number of aryl methyl sites for hydroxylation is 1. The summed E-state index contributed by atoms with van der Waals surface area (Å²) in [5.74, 6) is -1.65. The number of nitrogens with one attached hydrogen (secondary N) is 2. The topological polar surface area (TPSA) is 121 Å². The maximum absolute atomic E-state index is 12.3. The standard InChI is InChI=1S/C17H19N3O5/c1-2-3-8-13(17(24)25)18-14(21)9-10-20-16(23)12-7-5-4-6-11(12)15(22)19-20/h2,4-7,13H,1,3,8-10H2,(H,18,21)(H,19,22)(H,24,25). The monoisotopic (exact) mass is 345 g/mol. The summed E-state index contributed by atoms with van der Waals surface area (Å²) < 4.78 is 1.06. The van der Waals surface area contributed by atoms with Crippen molar-refractivity contribution in [3.05, 3.63) is 57.6 Å². The molecular weight excluding hydrogens is 326 g/mol. The number of amides is 1. The first-order valence-electron chi connectivity index (χ1n) is 7.79. The number of nitrogens with zero attached hydrogens (tertiary/aromatic N) is 1. The smallest absolute Gasteiger partial charge is 0.326 e. The van der Waals surface area contributed by atoms with Gasteiger partial charge in [-0.05, 0) is 25.0 Å². The Morgan fingerprint density at radius 1 is 1.28 bits per heavy atom. The molecule has 132 valence electrons. The highest BCUT2D eigenvalue weighted by Crippen LogP contribution is 2.03. The van der Waals surface area contributed by atoms with Gasteiger partial charge in [0, 0.05) is 6.42 Å². The molecule has 0 spiro atoms. The van der Waals surface area contributed by atoms with Gasteiger partial charge in [-0.25, -0.2) is 9.48 Å². The molecule has 0 aliphatic heterocycles. The zero-order chi connectivity index (χ0) is 18.4. The lowest BCUT2D eigenvalue weighted by molar-refractivity contribution is -0.142. The van der Waals surface area contributed by atoms with Crippen molar-refractivity contribution in [3.63, 3.8) is 0 Å². The normalized spacial score (nSPS) is 11.8. The van der Waals surface area contributed by atoms with Crippen LogP contribution in [0.25, 0.3) is 10.8 Å². The molecule has 2 rings (SSSR count). The molecule has 3 N–H and O–H groups in total. The Morgan fingerprint density at radius 3 is 2.60 bits per heavy atom. The molecule has 0 saturated carbocycles. The number of allylic oxidation sites excluding steroid dienone is 1. The third kappa shape index (κ3) is 4.43. The van der Waals surface area contributed by atoms with Gasteiger partial charge >= 0.3 is 5.97 Å². The summed E-state index contributed by atoms with van der Waals surface area (Å²) in [4.78, 5) is 47.4. The van der Waals surface area contributed by atoms with E-state index in [9.17, 15) is 19.2 Å². The van der Waals surface area contributed by atoms with Crippen molar-refractivity contribution in [2.24, 2.45) is 0 Å². The highest BCUT2D eigenvalue weighted by atomic mass is 16.4. The van der Waals surface area contributed by atoms with E-state index in [0.717, 1.165) is 4.68 Å². The summed E-state index contributed by atoms with van der Waals surface area (Å²) in [6, 6.07) is 5.38. The largest absolute Gasteiger partial charge is 0.480 e. The molecule has 0 aliphatic rings. The van der Waals surface area contributed by atoms with Gasteiger partial charge in [0.25, 0.3) is 11.1 Å². The molecule has 1 amide bonds. The van der Waals surface area contributed by atoms with E-state index in [4.69, 9.17) is 5.11 Å². The van der Waals surface area contributed by atoms with Crippen LogP contribution in [0.5, 0.6) is 0 Å². The van der Waals surface area contributed by atoms with Gasteiger partial charge in [-0.2, -0.15) is 0 Å². The van der Waals surface area contributed by atoms with Crippen molar-refractivity contribution in [1.82, 2.24) is 15.1 Å². The molecule has 8 nitrogen and oxygen atoms in total. The number of hydrogen-bond donors (Lipinski definition) is 3. The molecule has 0 radical (unpaired) electrons. The number of carboxylic acids is 1. The molecule has 0 saturated heterocycles. The van der Waals surface area contributed by atoms with Crippen LogP contribution in [0.4, 0.5) is 0 Å². The van der Waals surface area contributed by atoms with E-state index in [-0.39, 0.29) is 30.2 Å². The number of carbonyl (C=O) groups is 2. The summed E-state index contributed by atoms with van der Waals surface area (Å²) in [5.41, 5.74) is -0.838. The van der Waals surface area contributed by atoms with Gasteiger partial charge in [0.05, 0.1) is 17.3 Å². The van der Waals surface area contributed by atoms with Crippen LogP contribution in [0.3, 0.4) is 0 Å². The molecule has 0 aliphatic carbocycles. The highest BCUT2D eigenvalue weighted by molar-refractivity contribution is 5.83.